The van der Waals surface area contributed by atoms with Gasteiger partial charge in [0.25, 0.3) is 0 Å². The Morgan fingerprint density at radius 2 is 2.28 bits per heavy atom. The summed E-state index contributed by atoms with van der Waals surface area (Å²) in [4.78, 5) is 4.60. The van der Waals surface area contributed by atoms with E-state index in [0.29, 0.717) is 6.04 Å². The van der Waals surface area contributed by atoms with E-state index in [1.54, 1.807) is 0 Å². The normalized spacial score (nSPS) is 19.3. The van der Waals surface area contributed by atoms with Crippen molar-refractivity contribution in [3.05, 3.63) is 41.9 Å². The quantitative estimate of drug-likeness (QED) is 0.876. The first-order valence-electron chi connectivity index (χ1n) is 6.58. The molecule has 1 saturated heterocycles. The topological polar surface area (TPSA) is 29.9 Å². The molecule has 1 aliphatic heterocycles. The first-order chi connectivity index (χ1) is 8.75. The number of nitrogens with zero attached hydrogens (tertiary/aromatic N) is 2. The van der Waals surface area contributed by atoms with Crippen LogP contribution in [-0.2, 0) is 7.05 Å². The van der Waals surface area contributed by atoms with E-state index in [-0.39, 0.29) is 0 Å². The molecular formula is C15H19N3. The lowest BCUT2D eigenvalue weighted by atomic mass is 10.1. The van der Waals surface area contributed by atoms with Gasteiger partial charge in [-0.15, -0.1) is 0 Å². The molecule has 1 atom stereocenters. The van der Waals surface area contributed by atoms with Crippen molar-refractivity contribution < 1.29 is 0 Å². The zero-order valence-electron chi connectivity index (χ0n) is 11.0. The van der Waals surface area contributed by atoms with Crippen molar-refractivity contribution in [2.45, 2.75) is 25.8 Å². The first-order valence-corrected chi connectivity index (χ1v) is 6.58. The van der Waals surface area contributed by atoms with E-state index in [9.17, 15) is 0 Å². The van der Waals surface area contributed by atoms with Gasteiger partial charge in [0, 0.05) is 12.6 Å². The largest absolute Gasteiger partial charge is 0.330 e. The highest BCUT2D eigenvalue weighted by molar-refractivity contribution is 5.60. The van der Waals surface area contributed by atoms with Gasteiger partial charge in [-0.25, -0.2) is 4.98 Å². The number of hydrogen-bond acceptors (Lipinski definition) is 2. The molecule has 18 heavy (non-hydrogen) atoms. The van der Waals surface area contributed by atoms with E-state index in [1.165, 1.54) is 29.7 Å². The second-order valence-electron chi connectivity index (χ2n) is 5.08. The van der Waals surface area contributed by atoms with Gasteiger partial charge < -0.3 is 9.88 Å². The predicted octanol–water partition coefficient (Wildman–Crippen LogP) is 2.82. The molecule has 2 aromatic rings. The molecule has 94 valence electrons. The van der Waals surface area contributed by atoms with Crippen molar-refractivity contribution >= 4 is 0 Å². The molecule has 3 heteroatoms. The first kappa shape index (κ1) is 11.5. The number of hydrogen-bond donors (Lipinski definition) is 1. The molecule has 3 rings (SSSR count). The van der Waals surface area contributed by atoms with E-state index >= 15 is 0 Å². The lowest BCUT2D eigenvalue weighted by Crippen LogP contribution is -2.17. The highest BCUT2D eigenvalue weighted by Gasteiger charge is 2.21. The van der Waals surface area contributed by atoms with Crippen LogP contribution in [0.15, 0.2) is 30.5 Å². The Balaban J connectivity index is 1.98. The van der Waals surface area contributed by atoms with Crippen LogP contribution < -0.4 is 5.32 Å². The third-order valence-electron chi connectivity index (χ3n) is 3.71. The molecule has 1 aromatic heterocycles. The fourth-order valence-corrected chi connectivity index (χ4v) is 2.73. The SMILES string of the molecule is Cc1cccc(-c2cnc(C3CCCN3)n2C)c1. The number of aromatic nitrogens is 2. The fourth-order valence-electron chi connectivity index (χ4n) is 2.73. The molecule has 0 amide bonds. The molecule has 0 spiro atoms. The number of imidazole rings is 1. The van der Waals surface area contributed by atoms with Gasteiger partial charge in [-0.1, -0.05) is 23.8 Å². The minimum absolute atomic E-state index is 0.425. The monoisotopic (exact) mass is 241 g/mol. The summed E-state index contributed by atoms with van der Waals surface area (Å²) in [6, 6.07) is 9.01. The third-order valence-corrected chi connectivity index (χ3v) is 3.71. The number of rotatable bonds is 2. The van der Waals surface area contributed by atoms with Crippen LogP contribution in [0.4, 0.5) is 0 Å². The van der Waals surface area contributed by atoms with E-state index in [4.69, 9.17) is 0 Å². The van der Waals surface area contributed by atoms with Gasteiger partial charge in [-0.05, 0) is 32.4 Å². The summed E-state index contributed by atoms with van der Waals surface area (Å²) in [6.45, 7) is 3.23. The van der Waals surface area contributed by atoms with Crippen molar-refractivity contribution in [2.75, 3.05) is 6.54 Å². The molecule has 1 aliphatic rings. The smallest absolute Gasteiger partial charge is 0.126 e. The summed E-state index contributed by atoms with van der Waals surface area (Å²) >= 11 is 0. The van der Waals surface area contributed by atoms with Gasteiger partial charge in [-0.2, -0.15) is 0 Å². The predicted molar refractivity (Wildman–Crippen MR) is 73.4 cm³/mol. The Morgan fingerprint density at radius 1 is 1.39 bits per heavy atom. The van der Waals surface area contributed by atoms with E-state index in [0.717, 1.165) is 12.4 Å². The van der Waals surface area contributed by atoms with E-state index < -0.39 is 0 Å². The van der Waals surface area contributed by atoms with Crippen LogP contribution in [-0.4, -0.2) is 16.1 Å². The lowest BCUT2D eigenvalue weighted by molar-refractivity contribution is 0.581. The summed E-state index contributed by atoms with van der Waals surface area (Å²) in [5.74, 6) is 1.16. The zero-order chi connectivity index (χ0) is 12.5. The molecular weight excluding hydrogens is 222 g/mol. The minimum atomic E-state index is 0.425. The van der Waals surface area contributed by atoms with Gasteiger partial charge in [-0.3, -0.25) is 0 Å². The Bertz CT molecular complexity index is 551. The number of aryl methyl sites for hydroxylation is 1. The Labute approximate surface area is 108 Å². The summed E-state index contributed by atoms with van der Waals surface area (Å²) in [6.07, 6.45) is 4.43. The summed E-state index contributed by atoms with van der Waals surface area (Å²) < 4.78 is 2.22. The van der Waals surface area contributed by atoms with Gasteiger partial charge >= 0.3 is 0 Å². The third kappa shape index (κ3) is 1.95. The van der Waals surface area contributed by atoms with Crippen LogP contribution in [0.1, 0.15) is 30.3 Å². The molecule has 1 fully saturated rings. The summed E-state index contributed by atoms with van der Waals surface area (Å²) in [5, 5.41) is 3.51. The second kappa shape index (κ2) is 4.58. The van der Waals surface area contributed by atoms with Crippen LogP contribution in [0, 0.1) is 6.92 Å². The minimum Gasteiger partial charge on any atom is -0.330 e. The van der Waals surface area contributed by atoms with E-state index in [2.05, 4.69) is 53.1 Å². The maximum Gasteiger partial charge on any atom is 0.126 e. The second-order valence-corrected chi connectivity index (χ2v) is 5.08. The lowest BCUT2D eigenvalue weighted by Gasteiger charge is -2.12. The average molecular weight is 241 g/mol. The summed E-state index contributed by atoms with van der Waals surface area (Å²) in [5.41, 5.74) is 3.73. The Morgan fingerprint density at radius 3 is 3.00 bits per heavy atom. The molecule has 1 aromatic carbocycles. The maximum absolute atomic E-state index is 4.60. The van der Waals surface area contributed by atoms with Gasteiger partial charge in [0.15, 0.2) is 0 Å². The van der Waals surface area contributed by atoms with Gasteiger partial charge in [0.1, 0.15) is 5.82 Å². The van der Waals surface area contributed by atoms with Crippen LogP contribution in [0.5, 0.6) is 0 Å². The number of nitrogens with one attached hydrogen (secondary N) is 1. The van der Waals surface area contributed by atoms with Crippen LogP contribution in [0.25, 0.3) is 11.3 Å². The molecule has 0 saturated carbocycles. The standard InChI is InChI=1S/C15H19N3/c1-11-5-3-6-12(9-11)14-10-17-15(18(14)2)13-7-4-8-16-13/h3,5-6,9-10,13,16H,4,7-8H2,1-2H3. The van der Waals surface area contributed by atoms with Crippen molar-refractivity contribution in [2.24, 2.45) is 7.05 Å². The molecule has 3 nitrogen and oxygen atoms in total. The average Bonchev–Trinajstić information content (AvgIpc) is 2.97. The highest BCUT2D eigenvalue weighted by Crippen LogP contribution is 2.26. The molecule has 1 N–H and O–H groups in total. The van der Waals surface area contributed by atoms with Crippen LogP contribution in [0.3, 0.4) is 0 Å². The van der Waals surface area contributed by atoms with Crippen molar-refractivity contribution in [1.29, 1.82) is 0 Å². The maximum atomic E-state index is 4.60. The van der Waals surface area contributed by atoms with Crippen LogP contribution in [0.2, 0.25) is 0 Å². The summed E-state index contributed by atoms with van der Waals surface area (Å²) in [7, 11) is 2.11. The van der Waals surface area contributed by atoms with E-state index in [1.807, 2.05) is 6.20 Å². The van der Waals surface area contributed by atoms with Gasteiger partial charge in [0.2, 0.25) is 0 Å². The number of benzene rings is 1. The molecule has 0 radical (unpaired) electrons. The Hall–Kier alpha value is -1.61. The van der Waals surface area contributed by atoms with Crippen molar-refractivity contribution in [3.8, 4) is 11.3 Å². The molecule has 1 unspecified atom stereocenters. The molecule has 2 heterocycles. The molecule has 0 bridgehead atoms. The fraction of sp³-hybridized carbons (Fsp3) is 0.400. The molecule has 0 aliphatic carbocycles. The highest BCUT2D eigenvalue weighted by atomic mass is 15.1. The van der Waals surface area contributed by atoms with Crippen molar-refractivity contribution in [3.63, 3.8) is 0 Å². The Kier molecular flexibility index (Phi) is 2.92. The van der Waals surface area contributed by atoms with Crippen molar-refractivity contribution in [1.82, 2.24) is 14.9 Å². The van der Waals surface area contributed by atoms with Gasteiger partial charge in [0.05, 0.1) is 17.9 Å². The zero-order valence-corrected chi connectivity index (χ0v) is 11.0. The van der Waals surface area contributed by atoms with Crippen LogP contribution >= 0.6 is 0 Å².